The van der Waals surface area contributed by atoms with E-state index in [-0.39, 0.29) is 11.5 Å². The first kappa shape index (κ1) is 18.1. The Balaban J connectivity index is 2.10. The summed E-state index contributed by atoms with van der Waals surface area (Å²) in [6.45, 7) is 0.363. The predicted molar refractivity (Wildman–Crippen MR) is 93.2 cm³/mol. The maximum absolute atomic E-state index is 12.9. The van der Waals surface area contributed by atoms with Crippen molar-refractivity contribution in [2.24, 2.45) is 0 Å². The Labute approximate surface area is 156 Å². The smallest absolute Gasteiger partial charge is 0.362 e. The molecule has 1 N–H and O–H groups in total. The Kier molecular flexibility index (Phi) is 5.03. The van der Waals surface area contributed by atoms with Gasteiger partial charge in [0.25, 0.3) is 5.91 Å². The van der Waals surface area contributed by atoms with Crippen molar-refractivity contribution in [3.63, 3.8) is 0 Å². The average Bonchev–Trinajstić information content (AvgIpc) is 3.27. The first-order valence-corrected chi connectivity index (χ1v) is 8.57. The molecule has 1 atom stereocenters. The predicted octanol–water partition coefficient (Wildman–Crippen LogP) is 1.57. The highest BCUT2D eigenvalue weighted by molar-refractivity contribution is 9.10. The monoisotopic (exact) mass is 422 g/mol. The van der Waals surface area contributed by atoms with Gasteiger partial charge in [-0.05, 0) is 37.1 Å². The van der Waals surface area contributed by atoms with Gasteiger partial charge in [0.05, 0.1) is 7.11 Å². The summed E-state index contributed by atoms with van der Waals surface area (Å²) in [5, 5.41) is 17.0. The van der Waals surface area contributed by atoms with Crippen LogP contribution in [0.1, 0.15) is 33.7 Å². The second-order valence-electron chi connectivity index (χ2n) is 5.67. The molecule has 0 amide bonds. The van der Waals surface area contributed by atoms with E-state index >= 15 is 0 Å². The van der Waals surface area contributed by atoms with Crippen LogP contribution in [0.25, 0.3) is 0 Å². The summed E-state index contributed by atoms with van der Waals surface area (Å²) in [6, 6.07) is 5.71. The van der Waals surface area contributed by atoms with Gasteiger partial charge < -0.3 is 14.7 Å². The third-order valence-electron chi connectivity index (χ3n) is 4.12. The van der Waals surface area contributed by atoms with Crippen molar-refractivity contribution < 1.29 is 24.2 Å². The van der Waals surface area contributed by atoms with Crippen molar-refractivity contribution in [3.05, 3.63) is 40.0 Å². The quantitative estimate of drug-likeness (QED) is 0.738. The fraction of sp³-hybridized carbons (Fsp3) is 0.312. The molecule has 1 aromatic heterocycles. The van der Waals surface area contributed by atoms with Crippen molar-refractivity contribution in [3.8, 4) is 0 Å². The van der Waals surface area contributed by atoms with Crippen LogP contribution in [0.2, 0.25) is 0 Å². The molecule has 0 aliphatic carbocycles. The van der Waals surface area contributed by atoms with E-state index in [4.69, 9.17) is 4.74 Å². The van der Waals surface area contributed by atoms with Crippen LogP contribution in [0.3, 0.4) is 0 Å². The number of methoxy groups -OCH3 is 1. The van der Waals surface area contributed by atoms with Crippen LogP contribution in [-0.2, 0) is 9.53 Å². The van der Waals surface area contributed by atoms with Gasteiger partial charge in [0.2, 0.25) is 5.69 Å². The molecule has 0 saturated carbocycles. The number of carbonyl (C=O) groups is 3. The molecule has 1 aliphatic rings. The number of carbonyl (C=O) groups excluding carboxylic acids is 2. The number of nitrogens with zero attached hydrogens (tertiary/aromatic N) is 4. The van der Waals surface area contributed by atoms with Crippen LogP contribution in [0.5, 0.6) is 0 Å². The van der Waals surface area contributed by atoms with E-state index < -0.39 is 23.9 Å². The van der Waals surface area contributed by atoms with Crippen LogP contribution in [-0.4, -0.2) is 57.6 Å². The van der Waals surface area contributed by atoms with E-state index in [9.17, 15) is 19.5 Å². The van der Waals surface area contributed by atoms with Gasteiger partial charge in [-0.3, -0.25) is 4.79 Å². The number of rotatable bonds is 4. The van der Waals surface area contributed by atoms with Crippen LogP contribution >= 0.6 is 15.9 Å². The molecule has 26 heavy (non-hydrogen) atoms. The molecule has 3 rings (SSSR count). The van der Waals surface area contributed by atoms with Crippen LogP contribution in [0, 0.1) is 0 Å². The molecule has 0 spiro atoms. The van der Waals surface area contributed by atoms with Crippen molar-refractivity contribution in [2.75, 3.05) is 18.6 Å². The van der Waals surface area contributed by atoms with E-state index in [0.717, 1.165) is 9.15 Å². The molecule has 1 fully saturated rings. The maximum atomic E-state index is 12.9. The molecule has 1 aromatic carbocycles. The summed E-state index contributed by atoms with van der Waals surface area (Å²) in [4.78, 5) is 37.9. The van der Waals surface area contributed by atoms with Gasteiger partial charge in [0.1, 0.15) is 6.04 Å². The summed E-state index contributed by atoms with van der Waals surface area (Å²) >= 11 is 3.29. The number of esters is 1. The Morgan fingerprint density at radius 2 is 1.96 bits per heavy atom. The number of halogens is 1. The number of ether oxygens (including phenoxy) is 1. The van der Waals surface area contributed by atoms with Gasteiger partial charge in [0.15, 0.2) is 5.82 Å². The number of benzene rings is 1. The third kappa shape index (κ3) is 3.19. The molecule has 9 nitrogen and oxygen atoms in total. The number of aliphatic carboxylic acids is 1. The van der Waals surface area contributed by atoms with Crippen LogP contribution in [0.4, 0.5) is 5.82 Å². The third-order valence-corrected chi connectivity index (χ3v) is 4.65. The van der Waals surface area contributed by atoms with Crippen molar-refractivity contribution in [1.29, 1.82) is 0 Å². The summed E-state index contributed by atoms with van der Waals surface area (Å²) in [6.07, 6.45) is 1.00. The second-order valence-corrected chi connectivity index (χ2v) is 6.58. The number of hydrogen-bond donors (Lipinski definition) is 1. The molecular weight excluding hydrogens is 408 g/mol. The van der Waals surface area contributed by atoms with E-state index in [0.29, 0.717) is 24.9 Å². The Morgan fingerprint density at radius 1 is 1.27 bits per heavy atom. The Hall–Kier alpha value is -2.75. The minimum absolute atomic E-state index is 0.0367. The minimum Gasteiger partial charge on any atom is -0.480 e. The van der Waals surface area contributed by atoms with Gasteiger partial charge in [-0.15, -0.1) is 5.10 Å². The maximum Gasteiger partial charge on any atom is 0.362 e. The van der Waals surface area contributed by atoms with Gasteiger partial charge in [-0.25, -0.2) is 9.59 Å². The minimum atomic E-state index is -1.04. The summed E-state index contributed by atoms with van der Waals surface area (Å²) in [7, 11) is 1.18. The molecule has 10 heteroatoms. The molecule has 1 saturated heterocycles. The lowest BCUT2D eigenvalue weighted by atomic mass is 10.2. The summed E-state index contributed by atoms with van der Waals surface area (Å²) < 4.78 is 6.46. The number of hydrogen-bond acceptors (Lipinski definition) is 7. The largest absolute Gasteiger partial charge is 0.480 e. The van der Waals surface area contributed by atoms with E-state index in [1.54, 1.807) is 24.3 Å². The van der Waals surface area contributed by atoms with E-state index in [2.05, 4.69) is 26.2 Å². The molecule has 2 heterocycles. The molecule has 2 aromatic rings. The summed E-state index contributed by atoms with van der Waals surface area (Å²) in [5.74, 6) is -2.31. The zero-order chi connectivity index (χ0) is 18.8. The lowest BCUT2D eigenvalue weighted by Crippen LogP contribution is -2.39. The Morgan fingerprint density at radius 3 is 2.58 bits per heavy atom. The number of carboxylic acids is 1. The topological polar surface area (TPSA) is 115 Å². The van der Waals surface area contributed by atoms with Gasteiger partial charge in [-0.2, -0.15) is 4.68 Å². The molecule has 1 aliphatic heterocycles. The Bertz CT molecular complexity index is 864. The van der Waals surface area contributed by atoms with Crippen LogP contribution in [0.15, 0.2) is 28.7 Å². The van der Waals surface area contributed by atoms with Gasteiger partial charge in [0, 0.05) is 16.6 Å². The molecule has 0 unspecified atom stereocenters. The fourth-order valence-electron chi connectivity index (χ4n) is 2.89. The van der Waals surface area contributed by atoms with Crippen LogP contribution < -0.4 is 4.90 Å². The number of carboxylic acid groups (broad SMARTS) is 1. The van der Waals surface area contributed by atoms with Crippen molar-refractivity contribution in [2.45, 2.75) is 18.9 Å². The number of anilines is 1. The molecule has 0 bridgehead atoms. The SMILES string of the molecule is COC(=O)c1nnn(C(=O)c2ccc(Br)cc2)c1N1CCC[C@H]1C(=O)O. The number of aromatic nitrogens is 3. The average molecular weight is 423 g/mol. The lowest BCUT2D eigenvalue weighted by molar-refractivity contribution is -0.138. The first-order valence-electron chi connectivity index (χ1n) is 7.77. The van der Waals surface area contributed by atoms with Crippen molar-refractivity contribution >= 4 is 39.6 Å². The van der Waals surface area contributed by atoms with E-state index in [1.165, 1.54) is 12.0 Å². The van der Waals surface area contributed by atoms with Crippen molar-refractivity contribution in [1.82, 2.24) is 15.0 Å². The fourth-order valence-corrected chi connectivity index (χ4v) is 3.16. The molecule has 136 valence electrons. The summed E-state index contributed by atoms with van der Waals surface area (Å²) in [5.41, 5.74) is 0.132. The first-order chi connectivity index (χ1) is 12.4. The van der Waals surface area contributed by atoms with Gasteiger partial charge >= 0.3 is 11.9 Å². The second kappa shape index (κ2) is 7.24. The zero-order valence-corrected chi connectivity index (χ0v) is 15.3. The highest BCUT2D eigenvalue weighted by Gasteiger charge is 2.38. The standard InChI is InChI=1S/C16H15BrN4O5/c1-26-16(25)12-13(20-8-2-3-11(20)15(23)24)21(19-18-12)14(22)9-4-6-10(17)7-5-9/h4-7,11H,2-3,8H2,1H3,(H,23,24)/t11-/m0/s1. The molecular formula is C16H15BrN4O5. The van der Waals surface area contributed by atoms with E-state index in [1.807, 2.05) is 0 Å². The highest BCUT2D eigenvalue weighted by Crippen LogP contribution is 2.29. The zero-order valence-electron chi connectivity index (χ0n) is 13.8. The normalized spacial score (nSPS) is 16.5. The highest BCUT2D eigenvalue weighted by atomic mass is 79.9. The lowest BCUT2D eigenvalue weighted by Gasteiger charge is -2.23. The molecule has 0 radical (unpaired) electrons. The van der Waals surface area contributed by atoms with Gasteiger partial charge in [-0.1, -0.05) is 21.1 Å².